The zero-order valence-electron chi connectivity index (χ0n) is 16.2. The van der Waals surface area contributed by atoms with Gasteiger partial charge in [0.15, 0.2) is 5.75 Å². The lowest BCUT2D eigenvalue weighted by Crippen LogP contribution is -2.44. The van der Waals surface area contributed by atoms with Crippen molar-refractivity contribution >= 4 is 11.6 Å². The van der Waals surface area contributed by atoms with Crippen LogP contribution in [0, 0.1) is 0 Å². The Morgan fingerprint density at radius 2 is 1.94 bits per heavy atom. The van der Waals surface area contributed by atoms with Crippen molar-refractivity contribution < 1.29 is 42.1 Å². The van der Waals surface area contributed by atoms with Gasteiger partial charge in [-0.15, -0.1) is 0 Å². The highest BCUT2D eigenvalue weighted by molar-refractivity contribution is 6.10. The van der Waals surface area contributed by atoms with Gasteiger partial charge in [0.05, 0.1) is 13.2 Å². The van der Waals surface area contributed by atoms with Gasteiger partial charge < -0.3 is 29.0 Å². The van der Waals surface area contributed by atoms with Gasteiger partial charge in [0.2, 0.25) is 18.5 Å². The minimum Gasteiger partial charge on any atom is -0.506 e. The van der Waals surface area contributed by atoms with Crippen LogP contribution >= 0.6 is 0 Å². The van der Waals surface area contributed by atoms with Crippen LogP contribution in [0.5, 0.6) is 17.4 Å². The summed E-state index contributed by atoms with van der Waals surface area (Å²) in [7, 11) is 0. The molecule has 1 aromatic carbocycles. The Labute approximate surface area is 178 Å². The standard InChI is InChI=1S/C21H15F3N2O6/c22-21(23,24)16-6-5-11(32-16)8-26-13-4-2-1-3-12(13)20(9-27,19(26)29)17-14(28)7-15-18(25-17)31-10-30-15/h1-7,27-28H,8-10H2. The summed E-state index contributed by atoms with van der Waals surface area (Å²) >= 11 is 0. The number of benzene rings is 1. The van der Waals surface area contributed by atoms with Crippen LogP contribution in [0.3, 0.4) is 0 Å². The third-order valence-corrected chi connectivity index (χ3v) is 5.51. The summed E-state index contributed by atoms with van der Waals surface area (Å²) in [6.45, 7) is -1.20. The van der Waals surface area contributed by atoms with Crippen molar-refractivity contribution in [3.05, 3.63) is 65.2 Å². The number of ether oxygens (including phenoxy) is 2. The molecule has 3 aromatic rings. The first-order valence-electron chi connectivity index (χ1n) is 9.44. The summed E-state index contributed by atoms with van der Waals surface area (Å²) in [4.78, 5) is 19.1. The minimum atomic E-state index is -4.66. The Bertz CT molecular complexity index is 1220. The zero-order valence-corrected chi connectivity index (χ0v) is 16.2. The Morgan fingerprint density at radius 3 is 2.66 bits per heavy atom. The first-order valence-corrected chi connectivity index (χ1v) is 9.44. The summed E-state index contributed by atoms with van der Waals surface area (Å²) in [5, 5.41) is 21.0. The number of alkyl halides is 3. The predicted molar refractivity (Wildman–Crippen MR) is 101 cm³/mol. The summed E-state index contributed by atoms with van der Waals surface area (Å²) in [6.07, 6.45) is -4.66. The molecule has 2 N–H and O–H groups in total. The second-order valence-corrected chi connectivity index (χ2v) is 7.30. The fourth-order valence-electron chi connectivity index (χ4n) is 4.05. The number of aromatic nitrogens is 1. The molecule has 1 amide bonds. The molecular formula is C21H15F3N2O6. The average Bonchev–Trinajstić information content (AvgIpc) is 3.46. The van der Waals surface area contributed by atoms with Gasteiger partial charge in [-0.1, -0.05) is 18.2 Å². The molecule has 0 aliphatic carbocycles. The molecule has 166 valence electrons. The number of aliphatic hydroxyl groups excluding tert-OH is 1. The molecule has 5 rings (SSSR count). The first kappa shape index (κ1) is 20.2. The maximum Gasteiger partial charge on any atom is 0.449 e. The van der Waals surface area contributed by atoms with Crippen LogP contribution in [0.2, 0.25) is 0 Å². The molecule has 2 aromatic heterocycles. The monoisotopic (exact) mass is 448 g/mol. The van der Waals surface area contributed by atoms with Gasteiger partial charge in [-0.2, -0.15) is 13.2 Å². The number of halogens is 3. The number of carbonyl (C=O) groups excluding carboxylic acids is 1. The molecule has 32 heavy (non-hydrogen) atoms. The molecule has 2 aliphatic heterocycles. The van der Waals surface area contributed by atoms with Crippen LogP contribution in [0.4, 0.5) is 18.9 Å². The van der Waals surface area contributed by atoms with E-state index in [0.717, 1.165) is 12.1 Å². The maximum atomic E-state index is 13.7. The third-order valence-electron chi connectivity index (χ3n) is 5.51. The summed E-state index contributed by atoms with van der Waals surface area (Å²) in [5.41, 5.74) is -1.28. The second-order valence-electron chi connectivity index (χ2n) is 7.30. The minimum absolute atomic E-state index is 0.0511. The quantitative estimate of drug-likeness (QED) is 0.632. The van der Waals surface area contributed by atoms with Crippen LogP contribution in [-0.2, 0) is 22.9 Å². The molecule has 8 nitrogen and oxygen atoms in total. The summed E-state index contributed by atoms with van der Waals surface area (Å²) in [6, 6.07) is 9.60. The van der Waals surface area contributed by atoms with Crippen LogP contribution in [-0.4, -0.2) is 34.5 Å². The number of carbonyl (C=O) groups is 1. The highest BCUT2D eigenvalue weighted by Crippen LogP contribution is 2.50. The zero-order chi connectivity index (χ0) is 22.7. The number of pyridine rings is 1. The van der Waals surface area contributed by atoms with Crippen LogP contribution < -0.4 is 14.4 Å². The largest absolute Gasteiger partial charge is 0.506 e. The van der Waals surface area contributed by atoms with Crippen LogP contribution in [0.15, 0.2) is 46.9 Å². The van der Waals surface area contributed by atoms with E-state index in [-0.39, 0.29) is 36.4 Å². The van der Waals surface area contributed by atoms with E-state index in [9.17, 15) is 28.2 Å². The number of aliphatic hydroxyl groups is 1. The van der Waals surface area contributed by atoms with Crippen molar-refractivity contribution in [2.24, 2.45) is 0 Å². The first-order chi connectivity index (χ1) is 15.3. The molecule has 0 saturated heterocycles. The SMILES string of the molecule is O=C1N(Cc2ccc(C(F)(F)F)o2)c2ccccc2C1(CO)c1nc2c(cc1O)OCO2. The normalized spacial score (nSPS) is 19.5. The highest BCUT2D eigenvalue weighted by Gasteiger charge is 2.55. The topological polar surface area (TPSA) is 105 Å². The number of nitrogens with zero attached hydrogens (tertiary/aromatic N) is 2. The molecule has 11 heteroatoms. The van der Waals surface area contributed by atoms with Gasteiger partial charge in [-0.3, -0.25) is 4.79 Å². The number of anilines is 1. The van der Waals surface area contributed by atoms with E-state index >= 15 is 0 Å². The number of fused-ring (bicyclic) bond motifs is 2. The molecular weight excluding hydrogens is 433 g/mol. The van der Waals surface area contributed by atoms with E-state index in [2.05, 4.69) is 4.98 Å². The Balaban J connectivity index is 1.62. The summed E-state index contributed by atoms with van der Waals surface area (Å²) in [5.74, 6) is -2.13. The number of rotatable bonds is 4. The second kappa shape index (κ2) is 6.89. The predicted octanol–water partition coefficient (Wildman–Crippen LogP) is 2.95. The average molecular weight is 448 g/mol. The maximum absolute atomic E-state index is 13.7. The molecule has 1 unspecified atom stereocenters. The fourth-order valence-corrected chi connectivity index (χ4v) is 4.05. The number of furan rings is 1. The molecule has 2 aliphatic rings. The lowest BCUT2D eigenvalue weighted by Gasteiger charge is -2.26. The number of hydrogen-bond donors (Lipinski definition) is 2. The molecule has 0 saturated carbocycles. The number of hydrogen-bond acceptors (Lipinski definition) is 7. The number of aromatic hydroxyl groups is 1. The molecule has 0 fully saturated rings. The van der Waals surface area contributed by atoms with Gasteiger partial charge in [0.1, 0.15) is 22.6 Å². The van der Waals surface area contributed by atoms with Gasteiger partial charge in [0, 0.05) is 11.8 Å². The van der Waals surface area contributed by atoms with Crippen LogP contribution in [0.1, 0.15) is 22.8 Å². The molecule has 1 atom stereocenters. The molecule has 0 radical (unpaired) electrons. The highest BCUT2D eigenvalue weighted by atomic mass is 19.4. The van der Waals surface area contributed by atoms with Gasteiger partial charge in [0.25, 0.3) is 5.88 Å². The molecule has 4 heterocycles. The van der Waals surface area contributed by atoms with Crippen molar-refractivity contribution in [1.82, 2.24) is 4.98 Å². The number of amides is 1. The van der Waals surface area contributed by atoms with E-state index in [0.29, 0.717) is 11.3 Å². The van der Waals surface area contributed by atoms with E-state index < -0.39 is 35.6 Å². The van der Waals surface area contributed by atoms with Crippen molar-refractivity contribution in [2.75, 3.05) is 18.3 Å². The Morgan fingerprint density at radius 1 is 1.16 bits per heavy atom. The summed E-state index contributed by atoms with van der Waals surface area (Å²) < 4.78 is 54.1. The lowest BCUT2D eigenvalue weighted by molar-refractivity contribution is -0.153. The van der Waals surface area contributed by atoms with Gasteiger partial charge >= 0.3 is 6.18 Å². The smallest absolute Gasteiger partial charge is 0.449 e. The Kier molecular flexibility index (Phi) is 4.35. The third kappa shape index (κ3) is 2.81. The van der Waals surface area contributed by atoms with Crippen molar-refractivity contribution in [1.29, 1.82) is 0 Å². The molecule has 0 bridgehead atoms. The van der Waals surface area contributed by atoms with Gasteiger partial charge in [-0.05, 0) is 23.8 Å². The fraction of sp³-hybridized carbons (Fsp3) is 0.238. The van der Waals surface area contributed by atoms with Crippen molar-refractivity contribution in [2.45, 2.75) is 18.1 Å². The van der Waals surface area contributed by atoms with Crippen LogP contribution in [0.25, 0.3) is 0 Å². The lowest BCUT2D eigenvalue weighted by atomic mass is 9.78. The van der Waals surface area contributed by atoms with E-state index in [1.54, 1.807) is 24.3 Å². The van der Waals surface area contributed by atoms with Crippen molar-refractivity contribution in [3.63, 3.8) is 0 Å². The van der Waals surface area contributed by atoms with E-state index in [1.165, 1.54) is 11.0 Å². The van der Waals surface area contributed by atoms with E-state index in [1.807, 2.05) is 0 Å². The van der Waals surface area contributed by atoms with Crippen molar-refractivity contribution in [3.8, 4) is 17.4 Å². The van der Waals surface area contributed by atoms with E-state index in [4.69, 9.17) is 13.9 Å². The molecule has 0 spiro atoms. The van der Waals surface area contributed by atoms with Gasteiger partial charge in [-0.25, -0.2) is 4.98 Å². The Hall–Kier alpha value is -3.73. The number of para-hydroxylation sites is 1.